The minimum atomic E-state index is 1.00. The Morgan fingerprint density at radius 3 is 1.65 bits per heavy atom. The van der Waals surface area contributed by atoms with Crippen molar-refractivity contribution in [1.82, 2.24) is 4.98 Å². The van der Waals surface area contributed by atoms with Gasteiger partial charge in [0.05, 0.1) is 15.1 Å². The van der Waals surface area contributed by atoms with Crippen LogP contribution in [0.4, 0.5) is 0 Å². The Kier molecular flexibility index (Phi) is 4.97. The van der Waals surface area contributed by atoms with Gasteiger partial charge in [-0.2, -0.15) is 0 Å². The van der Waals surface area contributed by atoms with E-state index in [4.69, 9.17) is 4.98 Å². The van der Waals surface area contributed by atoms with Gasteiger partial charge in [-0.1, -0.05) is 60.7 Å². The number of hydrogen-bond acceptors (Lipinski definition) is 4. The molecule has 0 N–H and O–H groups in total. The van der Waals surface area contributed by atoms with Crippen LogP contribution in [0.25, 0.3) is 93.7 Å². The predicted octanol–water partition coefficient (Wildman–Crippen LogP) is 12.7. The smallest absolute Gasteiger partial charge is 0.0702 e. The summed E-state index contributed by atoms with van der Waals surface area (Å²) in [5, 5.41) is 11.7. The zero-order valence-electron chi connectivity index (χ0n) is 22.8. The van der Waals surface area contributed by atoms with Gasteiger partial charge >= 0.3 is 0 Å². The molecule has 0 fully saturated rings. The summed E-state index contributed by atoms with van der Waals surface area (Å²) in [7, 11) is 0. The number of pyridine rings is 1. The molecule has 4 heteroatoms. The first kappa shape index (κ1) is 23.9. The Labute approximate surface area is 258 Å². The summed E-state index contributed by atoms with van der Waals surface area (Å²) < 4.78 is 6.84. The Bertz CT molecular complexity index is 2670. The fourth-order valence-corrected chi connectivity index (χ4v) is 10.2. The second kappa shape index (κ2) is 8.95. The van der Waals surface area contributed by atoms with Gasteiger partial charge in [0.1, 0.15) is 0 Å². The molecule has 43 heavy (non-hydrogen) atoms. The van der Waals surface area contributed by atoms with Gasteiger partial charge in [-0.3, -0.25) is 4.98 Å². The summed E-state index contributed by atoms with van der Waals surface area (Å²) in [6.45, 7) is 0. The van der Waals surface area contributed by atoms with Crippen molar-refractivity contribution < 1.29 is 0 Å². The van der Waals surface area contributed by atoms with Crippen molar-refractivity contribution in [2.75, 3.05) is 0 Å². The molecule has 6 aromatic carbocycles. The lowest BCUT2D eigenvalue weighted by molar-refractivity contribution is 1.33. The number of nitrogens with zero attached hydrogens (tertiary/aromatic N) is 1. The van der Waals surface area contributed by atoms with E-state index in [0.29, 0.717) is 0 Å². The van der Waals surface area contributed by atoms with Gasteiger partial charge in [0.2, 0.25) is 0 Å². The van der Waals surface area contributed by atoms with Crippen LogP contribution >= 0.6 is 34.0 Å². The molecule has 10 aromatic rings. The fourth-order valence-electron chi connectivity index (χ4n) is 6.43. The molecular formula is C39H21NS3. The molecule has 0 aliphatic heterocycles. The van der Waals surface area contributed by atoms with E-state index in [1.807, 2.05) is 40.2 Å². The maximum atomic E-state index is 4.92. The van der Waals surface area contributed by atoms with Gasteiger partial charge in [0.25, 0.3) is 0 Å². The molecule has 0 saturated carbocycles. The quantitative estimate of drug-likeness (QED) is 0.193. The Hall–Kier alpha value is -4.61. The maximum absolute atomic E-state index is 4.92. The normalized spacial score (nSPS) is 12.2. The SMILES string of the molecule is c1ccc2cc3sc(-c4ccc(-c5ccc6cc7c(cc6c5)sc5c6cc8ccccc8cc6sc75)nc4)cc3cc2c1. The molecule has 4 heterocycles. The average Bonchev–Trinajstić information content (AvgIpc) is 3.73. The second-order valence-electron chi connectivity index (χ2n) is 11.2. The van der Waals surface area contributed by atoms with Gasteiger partial charge in [-0.05, 0) is 98.4 Å². The summed E-state index contributed by atoms with van der Waals surface area (Å²) in [5.41, 5.74) is 3.31. The monoisotopic (exact) mass is 599 g/mol. The van der Waals surface area contributed by atoms with Crippen LogP contribution in [0.15, 0.2) is 128 Å². The molecule has 200 valence electrons. The Balaban J connectivity index is 1.03. The van der Waals surface area contributed by atoms with E-state index in [1.54, 1.807) is 0 Å². The summed E-state index contributed by atoms with van der Waals surface area (Å²) >= 11 is 5.68. The van der Waals surface area contributed by atoms with Gasteiger partial charge in [-0.15, -0.1) is 34.0 Å². The molecule has 0 amide bonds. The van der Waals surface area contributed by atoms with Crippen LogP contribution in [0.3, 0.4) is 0 Å². The standard InChI is InChI=1S/C39H21NS3/c1-3-7-24-17-35-30(13-22(24)5-1)20-34(41-35)28-11-12-33(40-21-28)27-10-9-26-16-32-37(19-29(26)14-27)43-38-31-15-23-6-2-4-8-25(23)18-36(31)42-39(32)38/h1-21H. The first-order valence-corrected chi connectivity index (χ1v) is 16.8. The summed E-state index contributed by atoms with van der Waals surface area (Å²) in [6, 6.07) is 44.7. The molecule has 1 nitrogen and oxygen atoms in total. The van der Waals surface area contributed by atoms with E-state index in [2.05, 4.69) is 121 Å². The average molecular weight is 600 g/mol. The zero-order valence-corrected chi connectivity index (χ0v) is 25.2. The molecule has 0 spiro atoms. The van der Waals surface area contributed by atoms with Crippen LogP contribution in [-0.4, -0.2) is 4.98 Å². The summed E-state index contributed by atoms with van der Waals surface area (Å²) in [6.07, 6.45) is 2.02. The number of benzene rings is 6. The lowest BCUT2D eigenvalue weighted by Gasteiger charge is -2.05. The van der Waals surface area contributed by atoms with Crippen molar-refractivity contribution in [2.45, 2.75) is 0 Å². The van der Waals surface area contributed by atoms with E-state index in [0.717, 1.165) is 16.8 Å². The molecule has 4 aromatic heterocycles. The minimum Gasteiger partial charge on any atom is -0.256 e. The molecule has 0 bridgehead atoms. The van der Waals surface area contributed by atoms with Gasteiger partial charge in [0, 0.05) is 47.1 Å². The van der Waals surface area contributed by atoms with E-state index >= 15 is 0 Å². The van der Waals surface area contributed by atoms with E-state index < -0.39 is 0 Å². The van der Waals surface area contributed by atoms with Crippen LogP contribution < -0.4 is 0 Å². The molecule has 0 aliphatic rings. The van der Waals surface area contributed by atoms with Gasteiger partial charge in [-0.25, -0.2) is 0 Å². The molecule has 0 unspecified atom stereocenters. The van der Waals surface area contributed by atoms with Crippen LogP contribution in [0.2, 0.25) is 0 Å². The molecule has 0 radical (unpaired) electrons. The zero-order chi connectivity index (χ0) is 28.1. The number of aromatic nitrogens is 1. The molecule has 0 atom stereocenters. The lowest BCUT2D eigenvalue weighted by Crippen LogP contribution is -1.84. The highest BCUT2D eigenvalue weighted by Gasteiger charge is 2.14. The van der Waals surface area contributed by atoms with Crippen LogP contribution in [0.1, 0.15) is 0 Å². The maximum Gasteiger partial charge on any atom is 0.0702 e. The van der Waals surface area contributed by atoms with E-state index in [1.165, 1.54) is 76.9 Å². The van der Waals surface area contributed by atoms with Crippen molar-refractivity contribution in [3.05, 3.63) is 128 Å². The largest absolute Gasteiger partial charge is 0.256 e. The molecule has 0 aliphatic carbocycles. The minimum absolute atomic E-state index is 1.00. The van der Waals surface area contributed by atoms with Crippen LogP contribution in [-0.2, 0) is 0 Å². The van der Waals surface area contributed by atoms with Crippen molar-refractivity contribution in [1.29, 1.82) is 0 Å². The Morgan fingerprint density at radius 1 is 0.395 bits per heavy atom. The third-order valence-electron chi connectivity index (χ3n) is 8.63. The van der Waals surface area contributed by atoms with Crippen molar-refractivity contribution in [2.24, 2.45) is 0 Å². The van der Waals surface area contributed by atoms with Crippen molar-refractivity contribution >= 4 is 106 Å². The second-order valence-corrected chi connectivity index (χ2v) is 14.4. The number of thiophene rings is 3. The van der Waals surface area contributed by atoms with Gasteiger partial charge < -0.3 is 0 Å². The first-order valence-electron chi connectivity index (χ1n) is 14.3. The third-order valence-corrected chi connectivity index (χ3v) is 12.3. The van der Waals surface area contributed by atoms with Crippen LogP contribution in [0.5, 0.6) is 0 Å². The molecule has 0 saturated heterocycles. The number of rotatable bonds is 2. The van der Waals surface area contributed by atoms with Crippen molar-refractivity contribution in [3.63, 3.8) is 0 Å². The lowest BCUT2D eigenvalue weighted by atomic mass is 10.0. The molecule has 10 rings (SSSR count). The topological polar surface area (TPSA) is 12.9 Å². The van der Waals surface area contributed by atoms with E-state index in [9.17, 15) is 0 Å². The Morgan fingerprint density at radius 2 is 0.977 bits per heavy atom. The number of fused-ring (bicyclic) bond motifs is 9. The summed E-state index contributed by atoms with van der Waals surface area (Å²) in [5.74, 6) is 0. The highest BCUT2D eigenvalue weighted by molar-refractivity contribution is 7.36. The predicted molar refractivity (Wildman–Crippen MR) is 191 cm³/mol. The van der Waals surface area contributed by atoms with Crippen molar-refractivity contribution in [3.8, 4) is 21.7 Å². The van der Waals surface area contributed by atoms with E-state index in [-0.39, 0.29) is 0 Å². The first-order chi connectivity index (χ1) is 21.2. The van der Waals surface area contributed by atoms with Crippen LogP contribution in [0, 0.1) is 0 Å². The highest BCUT2D eigenvalue weighted by Crippen LogP contribution is 2.46. The number of hydrogen-bond donors (Lipinski definition) is 0. The van der Waals surface area contributed by atoms with Gasteiger partial charge in [0.15, 0.2) is 0 Å². The highest BCUT2D eigenvalue weighted by atomic mass is 32.1. The fraction of sp³-hybridized carbons (Fsp3) is 0. The third kappa shape index (κ3) is 3.71. The summed E-state index contributed by atoms with van der Waals surface area (Å²) in [4.78, 5) is 6.17. The molecular weight excluding hydrogens is 579 g/mol.